The van der Waals surface area contributed by atoms with Gasteiger partial charge < -0.3 is 10.4 Å². The average molecular weight is 372 g/mol. The molecule has 0 fully saturated rings. The van der Waals surface area contributed by atoms with Gasteiger partial charge in [-0.2, -0.15) is 11.8 Å². The number of allylic oxidation sites excluding steroid dienone is 2. The molecule has 122 valence electrons. The molecule has 1 aromatic rings. The van der Waals surface area contributed by atoms with Crippen LogP contribution in [0.4, 0.5) is 4.39 Å². The van der Waals surface area contributed by atoms with Crippen LogP contribution in [0.1, 0.15) is 18.4 Å². The summed E-state index contributed by atoms with van der Waals surface area (Å²) in [5.41, 5.74) is 1.92. The fourth-order valence-electron chi connectivity index (χ4n) is 2.89. The van der Waals surface area contributed by atoms with E-state index in [0.29, 0.717) is 5.70 Å². The Morgan fingerprint density at radius 2 is 2.22 bits per heavy atom. The molecule has 0 bridgehead atoms. The van der Waals surface area contributed by atoms with E-state index in [-0.39, 0.29) is 16.2 Å². The van der Waals surface area contributed by atoms with Gasteiger partial charge in [0.1, 0.15) is 5.82 Å². The maximum atomic E-state index is 14.5. The molecule has 0 amide bonds. The molecule has 7 heteroatoms. The second-order valence-corrected chi connectivity index (χ2v) is 7.93. The first-order valence-electron chi connectivity index (χ1n) is 7.09. The lowest BCUT2D eigenvalue weighted by Crippen LogP contribution is -2.29. The number of carbonyl (C=O) groups is 1. The van der Waals surface area contributed by atoms with E-state index in [1.54, 1.807) is 36.5 Å². The number of rotatable bonds is 2. The SMILES string of the molecule is CC1=C(C(=O)O)C(c2c(F)cccc2Cl)C2=C(CSCCS2)N1. The number of dihydropyridines is 1. The Hall–Kier alpha value is -1.11. The van der Waals surface area contributed by atoms with Crippen molar-refractivity contribution in [2.45, 2.75) is 12.8 Å². The smallest absolute Gasteiger partial charge is 0.334 e. The minimum absolute atomic E-state index is 0.162. The van der Waals surface area contributed by atoms with Crippen molar-refractivity contribution in [3.05, 3.63) is 56.5 Å². The van der Waals surface area contributed by atoms with Crippen LogP contribution in [0, 0.1) is 5.82 Å². The third kappa shape index (κ3) is 3.12. The van der Waals surface area contributed by atoms with Gasteiger partial charge in [-0.3, -0.25) is 0 Å². The van der Waals surface area contributed by atoms with E-state index < -0.39 is 17.7 Å². The van der Waals surface area contributed by atoms with E-state index in [0.717, 1.165) is 27.9 Å². The van der Waals surface area contributed by atoms with Crippen LogP contribution >= 0.6 is 35.1 Å². The van der Waals surface area contributed by atoms with Crippen LogP contribution in [0.2, 0.25) is 5.02 Å². The lowest BCUT2D eigenvalue weighted by atomic mass is 9.86. The Bertz CT molecular complexity index is 713. The van der Waals surface area contributed by atoms with Crippen molar-refractivity contribution in [3.8, 4) is 0 Å². The maximum absolute atomic E-state index is 14.5. The van der Waals surface area contributed by atoms with E-state index >= 15 is 0 Å². The van der Waals surface area contributed by atoms with Gasteiger partial charge in [-0.1, -0.05) is 17.7 Å². The summed E-state index contributed by atoms with van der Waals surface area (Å²) in [6, 6.07) is 4.46. The minimum Gasteiger partial charge on any atom is -0.478 e. The van der Waals surface area contributed by atoms with E-state index in [9.17, 15) is 14.3 Å². The van der Waals surface area contributed by atoms with Crippen molar-refractivity contribution in [1.82, 2.24) is 5.32 Å². The number of thioether (sulfide) groups is 2. The highest BCUT2D eigenvalue weighted by Crippen LogP contribution is 2.47. The van der Waals surface area contributed by atoms with Gasteiger partial charge in [0.2, 0.25) is 0 Å². The van der Waals surface area contributed by atoms with E-state index in [1.165, 1.54) is 12.1 Å². The van der Waals surface area contributed by atoms with Crippen LogP contribution in [0.15, 0.2) is 40.1 Å². The monoisotopic (exact) mass is 371 g/mol. The zero-order valence-corrected chi connectivity index (χ0v) is 14.7. The highest BCUT2D eigenvalue weighted by molar-refractivity contribution is 8.05. The van der Waals surface area contributed by atoms with Crippen LogP contribution < -0.4 is 5.32 Å². The molecule has 23 heavy (non-hydrogen) atoms. The number of aliphatic carboxylic acids is 1. The zero-order chi connectivity index (χ0) is 16.6. The van der Waals surface area contributed by atoms with Gasteiger partial charge in [-0.05, 0) is 19.1 Å². The predicted molar refractivity (Wildman–Crippen MR) is 94.4 cm³/mol. The molecule has 1 atom stereocenters. The van der Waals surface area contributed by atoms with Crippen molar-refractivity contribution < 1.29 is 14.3 Å². The lowest BCUT2D eigenvalue weighted by Gasteiger charge is -2.31. The topological polar surface area (TPSA) is 49.3 Å². The third-order valence-electron chi connectivity index (χ3n) is 3.84. The van der Waals surface area contributed by atoms with Crippen LogP contribution in [-0.2, 0) is 4.79 Å². The van der Waals surface area contributed by atoms with Crippen molar-refractivity contribution in [1.29, 1.82) is 0 Å². The normalized spacial score (nSPS) is 21.6. The van der Waals surface area contributed by atoms with Crippen LogP contribution in [0.5, 0.6) is 0 Å². The van der Waals surface area contributed by atoms with Crippen LogP contribution in [0.3, 0.4) is 0 Å². The van der Waals surface area contributed by atoms with Gasteiger partial charge in [0, 0.05) is 44.1 Å². The first-order valence-corrected chi connectivity index (χ1v) is 9.61. The third-order valence-corrected chi connectivity index (χ3v) is 6.62. The Kier molecular flexibility index (Phi) is 4.94. The molecule has 0 aromatic heterocycles. The Labute approximate surface area is 147 Å². The molecule has 0 radical (unpaired) electrons. The Morgan fingerprint density at radius 3 is 2.91 bits per heavy atom. The van der Waals surface area contributed by atoms with E-state index in [4.69, 9.17) is 11.6 Å². The average Bonchev–Trinajstić information content (AvgIpc) is 2.71. The molecule has 2 N–H and O–H groups in total. The summed E-state index contributed by atoms with van der Waals surface area (Å²) in [5, 5.41) is 13.1. The molecular weight excluding hydrogens is 357 g/mol. The molecule has 1 aromatic carbocycles. The molecule has 3 rings (SSSR count). The summed E-state index contributed by atoms with van der Waals surface area (Å²) in [6.07, 6.45) is 0. The fraction of sp³-hybridized carbons (Fsp3) is 0.312. The standard InChI is InChI=1S/C16H15ClFNO2S2/c1-8-12(16(20)21)14(13-9(17)3-2-4-10(13)18)15-11(19-8)7-22-5-6-23-15/h2-4,14,19H,5-7H2,1H3,(H,20,21). The number of carboxylic acids is 1. The summed E-state index contributed by atoms with van der Waals surface area (Å²) in [6.45, 7) is 1.72. The molecule has 2 aliphatic heterocycles. The maximum Gasteiger partial charge on any atom is 0.334 e. The van der Waals surface area contributed by atoms with Crippen molar-refractivity contribution in [3.63, 3.8) is 0 Å². The van der Waals surface area contributed by atoms with Gasteiger partial charge in [-0.25, -0.2) is 9.18 Å². The molecule has 0 aliphatic carbocycles. The van der Waals surface area contributed by atoms with Gasteiger partial charge in [0.25, 0.3) is 0 Å². The molecule has 0 spiro atoms. The van der Waals surface area contributed by atoms with Crippen molar-refractivity contribution in [2.75, 3.05) is 17.3 Å². The summed E-state index contributed by atoms with van der Waals surface area (Å²) in [5.74, 6) is 0.401. The van der Waals surface area contributed by atoms with Crippen LogP contribution in [-0.4, -0.2) is 28.3 Å². The first-order chi connectivity index (χ1) is 11.0. The van der Waals surface area contributed by atoms with Gasteiger partial charge in [0.15, 0.2) is 0 Å². The Morgan fingerprint density at radius 1 is 1.43 bits per heavy atom. The number of nitrogens with one attached hydrogen (secondary N) is 1. The summed E-state index contributed by atoms with van der Waals surface area (Å²) in [4.78, 5) is 12.7. The Balaban J connectivity index is 2.23. The first kappa shape index (κ1) is 16.7. The van der Waals surface area contributed by atoms with Gasteiger partial charge in [-0.15, -0.1) is 11.8 Å². The number of halogens is 2. The van der Waals surface area contributed by atoms with Crippen molar-refractivity contribution >= 4 is 41.1 Å². The molecule has 2 aliphatic rings. The summed E-state index contributed by atoms with van der Waals surface area (Å²) < 4.78 is 14.5. The quantitative estimate of drug-likeness (QED) is 0.815. The van der Waals surface area contributed by atoms with Gasteiger partial charge in [0.05, 0.1) is 11.5 Å². The second kappa shape index (κ2) is 6.79. The lowest BCUT2D eigenvalue weighted by molar-refractivity contribution is -0.133. The molecule has 2 heterocycles. The molecule has 3 nitrogen and oxygen atoms in total. The minimum atomic E-state index is -1.05. The number of hydrogen-bond donors (Lipinski definition) is 2. The second-order valence-electron chi connectivity index (χ2n) is 5.28. The van der Waals surface area contributed by atoms with Gasteiger partial charge >= 0.3 is 5.97 Å². The largest absolute Gasteiger partial charge is 0.478 e. The molecule has 0 saturated carbocycles. The molecule has 1 unspecified atom stereocenters. The number of hydrogen-bond acceptors (Lipinski definition) is 4. The van der Waals surface area contributed by atoms with Crippen molar-refractivity contribution in [2.24, 2.45) is 0 Å². The summed E-state index contributed by atoms with van der Waals surface area (Å²) in [7, 11) is 0. The summed E-state index contributed by atoms with van der Waals surface area (Å²) >= 11 is 9.61. The molecule has 0 saturated heterocycles. The number of carboxylic acid groups (broad SMARTS) is 1. The molecular formula is C16H15ClFNO2S2. The van der Waals surface area contributed by atoms with Crippen LogP contribution in [0.25, 0.3) is 0 Å². The number of benzene rings is 1. The predicted octanol–water partition coefficient (Wildman–Crippen LogP) is 4.22. The van der Waals surface area contributed by atoms with E-state index in [1.807, 2.05) is 0 Å². The highest BCUT2D eigenvalue weighted by atomic mass is 35.5. The van der Waals surface area contributed by atoms with E-state index in [2.05, 4.69) is 5.32 Å². The zero-order valence-electron chi connectivity index (χ0n) is 12.4. The fourth-order valence-corrected chi connectivity index (χ4v) is 5.55. The highest BCUT2D eigenvalue weighted by Gasteiger charge is 2.37.